The highest BCUT2D eigenvalue weighted by Gasteiger charge is 2.15. The van der Waals surface area contributed by atoms with Crippen molar-refractivity contribution in [3.05, 3.63) is 70.0 Å². The molecule has 0 aliphatic carbocycles. The average Bonchev–Trinajstić information content (AvgIpc) is 2.48. The SMILES string of the molecule is C=C(C)Cn1c(-c2ccc(C(C)(C)C)cc2)ccc(C#N)c1=O. The molecule has 118 valence electrons. The zero-order chi connectivity index (χ0) is 17.2. The molecule has 0 bridgehead atoms. The molecule has 0 N–H and O–H groups in total. The van der Waals surface area contributed by atoms with E-state index in [0.717, 1.165) is 16.8 Å². The number of benzene rings is 1. The van der Waals surface area contributed by atoms with Crippen LogP contribution in [-0.2, 0) is 12.0 Å². The quantitative estimate of drug-likeness (QED) is 0.795. The van der Waals surface area contributed by atoms with E-state index in [-0.39, 0.29) is 16.5 Å². The third-order valence-corrected chi connectivity index (χ3v) is 3.77. The van der Waals surface area contributed by atoms with Crippen LogP contribution in [0.4, 0.5) is 0 Å². The van der Waals surface area contributed by atoms with E-state index in [1.54, 1.807) is 10.6 Å². The molecule has 0 atom stereocenters. The van der Waals surface area contributed by atoms with Gasteiger partial charge in [0, 0.05) is 6.54 Å². The Morgan fingerprint density at radius 2 is 1.78 bits per heavy atom. The zero-order valence-corrected chi connectivity index (χ0v) is 14.2. The third-order valence-electron chi connectivity index (χ3n) is 3.77. The van der Waals surface area contributed by atoms with Crippen LogP contribution in [0.3, 0.4) is 0 Å². The van der Waals surface area contributed by atoms with Gasteiger partial charge in [0.1, 0.15) is 11.6 Å². The number of nitrogens with zero attached hydrogens (tertiary/aromatic N) is 2. The first kappa shape index (κ1) is 16.8. The van der Waals surface area contributed by atoms with E-state index in [4.69, 9.17) is 5.26 Å². The minimum absolute atomic E-state index is 0.0839. The van der Waals surface area contributed by atoms with Crippen molar-refractivity contribution >= 4 is 0 Å². The highest BCUT2D eigenvalue weighted by atomic mass is 16.1. The van der Waals surface area contributed by atoms with Gasteiger partial charge in [-0.05, 0) is 35.6 Å². The third kappa shape index (κ3) is 3.60. The second-order valence-corrected chi connectivity index (χ2v) is 6.92. The summed E-state index contributed by atoms with van der Waals surface area (Å²) in [4.78, 5) is 12.5. The number of rotatable bonds is 3. The summed E-state index contributed by atoms with van der Waals surface area (Å²) >= 11 is 0. The van der Waals surface area contributed by atoms with E-state index in [0.29, 0.717) is 6.54 Å². The van der Waals surface area contributed by atoms with E-state index >= 15 is 0 Å². The predicted octanol–water partition coefficient (Wildman–Crippen LogP) is 4.26. The minimum Gasteiger partial charge on any atom is -0.303 e. The largest absolute Gasteiger partial charge is 0.303 e. The maximum absolute atomic E-state index is 12.5. The molecule has 1 aromatic heterocycles. The van der Waals surface area contributed by atoms with E-state index in [2.05, 4.69) is 39.5 Å². The smallest absolute Gasteiger partial charge is 0.269 e. The molecule has 0 fully saturated rings. The van der Waals surface area contributed by atoms with Crippen LogP contribution >= 0.6 is 0 Å². The summed E-state index contributed by atoms with van der Waals surface area (Å²) in [5, 5.41) is 9.08. The molecule has 1 aromatic carbocycles. The summed E-state index contributed by atoms with van der Waals surface area (Å²) in [6, 6.07) is 13.6. The van der Waals surface area contributed by atoms with E-state index < -0.39 is 0 Å². The lowest BCUT2D eigenvalue weighted by atomic mass is 9.86. The van der Waals surface area contributed by atoms with Crippen molar-refractivity contribution in [3.63, 3.8) is 0 Å². The van der Waals surface area contributed by atoms with Crippen LogP contribution in [0, 0.1) is 11.3 Å². The molecule has 1 heterocycles. The van der Waals surface area contributed by atoms with Crippen LogP contribution in [0.5, 0.6) is 0 Å². The fourth-order valence-electron chi connectivity index (χ4n) is 2.48. The second-order valence-electron chi connectivity index (χ2n) is 6.92. The summed E-state index contributed by atoms with van der Waals surface area (Å²) in [5.74, 6) is 0. The van der Waals surface area contributed by atoms with Gasteiger partial charge in [0.05, 0.1) is 5.69 Å². The minimum atomic E-state index is -0.270. The highest BCUT2D eigenvalue weighted by Crippen LogP contribution is 2.26. The normalized spacial score (nSPS) is 11.1. The fourth-order valence-corrected chi connectivity index (χ4v) is 2.48. The summed E-state index contributed by atoms with van der Waals surface area (Å²) in [7, 11) is 0. The van der Waals surface area contributed by atoms with Gasteiger partial charge in [-0.25, -0.2) is 0 Å². The maximum atomic E-state index is 12.5. The van der Waals surface area contributed by atoms with Crippen molar-refractivity contribution in [2.24, 2.45) is 0 Å². The summed E-state index contributed by atoms with van der Waals surface area (Å²) in [6.45, 7) is 12.7. The van der Waals surface area contributed by atoms with Gasteiger partial charge in [-0.15, -0.1) is 0 Å². The molecule has 3 heteroatoms. The molecular formula is C20H22N2O. The Morgan fingerprint density at radius 1 is 1.17 bits per heavy atom. The average molecular weight is 306 g/mol. The molecule has 0 aliphatic heterocycles. The number of aromatic nitrogens is 1. The van der Waals surface area contributed by atoms with Gasteiger partial charge >= 0.3 is 0 Å². The monoisotopic (exact) mass is 306 g/mol. The number of allylic oxidation sites excluding steroid dienone is 1. The molecule has 0 aliphatic rings. The van der Waals surface area contributed by atoms with Crippen molar-refractivity contribution in [2.75, 3.05) is 0 Å². The van der Waals surface area contributed by atoms with E-state index in [9.17, 15) is 4.79 Å². The predicted molar refractivity (Wildman–Crippen MR) is 94.4 cm³/mol. The molecule has 3 nitrogen and oxygen atoms in total. The van der Waals surface area contributed by atoms with Gasteiger partial charge in [0.15, 0.2) is 0 Å². The topological polar surface area (TPSA) is 45.8 Å². The van der Waals surface area contributed by atoms with Crippen LogP contribution in [0.1, 0.15) is 38.8 Å². The maximum Gasteiger partial charge on any atom is 0.269 e. The lowest BCUT2D eigenvalue weighted by Gasteiger charge is -2.20. The Morgan fingerprint density at radius 3 is 2.26 bits per heavy atom. The Kier molecular flexibility index (Phi) is 4.56. The van der Waals surface area contributed by atoms with Gasteiger partial charge < -0.3 is 4.57 Å². The van der Waals surface area contributed by atoms with Crippen LogP contribution in [0.25, 0.3) is 11.3 Å². The van der Waals surface area contributed by atoms with Crippen molar-refractivity contribution in [2.45, 2.75) is 39.7 Å². The van der Waals surface area contributed by atoms with Crippen molar-refractivity contribution in [1.82, 2.24) is 4.57 Å². The molecule has 0 spiro atoms. The van der Waals surface area contributed by atoms with Crippen molar-refractivity contribution in [3.8, 4) is 17.3 Å². The Bertz CT molecular complexity index is 828. The molecule has 0 radical (unpaired) electrons. The van der Waals surface area contributed by atoms with Crippen molar-refractivity contribution in [1.29, 1.82) is 5.26 Å². The van der Waals surface area contributed by atoms with Gasteiger partial charge in [-0.3, -0.25) is 4.79 Å². The molecule has 2 rings (SSSR count). The summed E-state index contributed by atoms with van der Waals surface area (Å²) in [5.41, 5.74) is 3.84. The molecule has 2 aromatic rings. The van der Waals surface area contributed by atoms with Crippen LogP contribution in [0.15, 0.2) is 53.3 Å². The van der Waals surface area contributed by atoms with Crippen LogP contribution in [-0.4, -0.2) is 4.57 Å². The lowest BCUT2D eigenvalue weighted by molar-refractivity contribution is 0.590. The number of nitriles is 1. The molecule has 23 heavy (non-hydrogen) atoms. The zero-order valence-electron chi connectivity index (χ0n) is 14.2. The summed E-state index contributed by atoms with van der Waals surface area (Å²) in [6.07, 6.45) is 0. The first-order chi connectivity index (χ1) is 10.7. The van der Waals surface area contributed by atoms with E-state index in [1.807, 2.05) is 31.2 Å². The Labute approximate surface area is 137 Å². The van der Waals surface area contributed by atoms with Gasteiger partial charge in [0.25, 0.3) is 5.56 Å². The first-order valence-corrected chi connectivity index (χ1v) is 7.63. The molecular weight excluding hydrogens is 284 g/mol. The highest BCUT2D eigenvalue weighted by molar-refractivity contribution is 5.61. The first-order valence-electron chi connectivity index (χ1n) is 7.63. The lowest BCUT2D eigenvalue weighted by Crippen LogP contribution is -2.24. The molecule has 0 saturated carbocycles. The summed E-state index contributed by atoms with van der Waals surface area (Å²) < 4.78 is 1.62. The Hall–Kier alpha value is -2.60. The molecule has 0 saturated heterocycles. The number of pyridine rings is 1. The van der Waals surface area contributed by atoms with Gasteiger partial charge in [-0.2, -0.15) is 5.26 Å². The van der Waals surface area contributed by atoms with Gasteiger partial charge in [0.2, 0.25) is 0 Å². The number of hydrogen-bond donors (Lipinski definition) is 0. The van der Waals surface area contributed by atoms with Gasteiger partial charge in [-0.1, -0.05) is 57.2 Å². The van der Waals surface area contributed by atoms with Crippen LogP contribution < -0.4 is 5.56 Å². The fraction of sp³-hybridized carbons (Fsp3) is 0.300. The second kappa shape index (κ2) is 6.26. The molecule has 0 unspecified atom stereocenters. The van der Waals surface area contributed by atoms with Crippen LogP contribution in [0.2, 0.25) is 0 Å². The van der Waals surface area contributed by atoms with E-state index in [1.165, 1.54) is 5.56 Å². The standard InChI is InChI=1S/C20H22N2O/c1-14(2)13-22-18(11-8-16(12-21)19(22)23)15-6-9-17(10-7-15)20(3,4)5/h6-11H,1,13H2,2-5H3. The number of hydrogen-bond acceptors (Lipinski definition) is 2. The van der Waals surface area contributed by atoms with Crippen molar-refractivity contribution < 1.29 is 0 Å². The Balaban J connectivity index is 2.59. The molecule has 0 amide bonds.